The molecule has 0 aromatic carbocycles. The highest BCUT2D eigenvalue weighted by atomic mass is 16.2. The maximum Gasteiger partial charge on any atom is 0.243 e. The van der Waals surface area contributed by atoms with E-state index >= 15 is 0 Å². The van der Waals surface area contributed by atoms with Gasteiger partial charge < -0.3 is 16.0 Å². The molecule has 0 atom stereocenters. The number of fused-ring (bicyclic) bond motifs is 1. The van der Waals surface area contributed by atoms with Crippen molar-refractivity contribution in [1.82, 2.24) is 19.7 Å². The number of aromatic nitrogens is 4. The molecule has 2 aromatic rings. The minimum absolute atomic E-state index is 0.123. The lowest BCUT2D eigenvalue weighted by atomic mass is 10.3. The molecular formula is C11H13N7O. The number of hydrogen-bond acceptors (Lipinski definition) is 6. The Labute approximate surface area is 109 Å². The molecule has 0 spiro atoms. The van der Waals surface area contributed by atoms with Crippen LogP contribution in [0.5, 0.6) is 0 Å². The fourth-order valence-electron chi connectivity index (χ4n) is 1.82. The summed E-state index contributed by atoms with van der Waals surface area (Å²) in [5, 5.41) is 13.0. The van der Waals surface area contributed by atoms with E-state index in [0.717, 1.165) is 5.69 Å². The number of anilines is 4. The topological polar surface area (TPSA) is 96.8 Å². The zero-order chi connectivity index (χ0) is 13.4. The Morgan fingerprint density at radius 1 is 1.42 bits per heavy atom. The van der Waals surface area contributed by atoms with Crippen LogP contribution in [0.1, 0.15) is 5.69 Å². The molecule has 0 aliphatic carbocycles. The number of carbonyl (C=O) groups excluding carboxylic acids is 1. The van der Waals surface area contributed by atoms with Crippen LogP contribution in [0.2, 0.25) is 0 Å². The molecule has 3 N–H and O–H groups in total. The quantitative estimate of drug-likeness (QED) is 0.731. The molecule has 0 fully saturated rings. The van der Waals surface area contributed by atoms with Gasteiger partial charge in [0.05, 0.1) is 6.54 Å². The third-order valence-corrected chi connectivity index (χ3v) is 2.89. The molecule has 2 aromatic heterocycles. The van der Waals surface area contributed by atoms with E-state index in [1.807, 2.05) is 20.0 Å². The van der Waals surface area contributed by atoms with Crippen LogP contribution in [-0.2, 0) is 11.8 Å². The summed E-state index contributed by atoms with van der Waals surface area (Å²) in [6.07, 6.45) is 1.43. The van der Waals surface area contributed by atoms with E-state index in [4.69, 9.17) is 0 Å². The average molecular weight is 259 g/mol. The van der Waals surface area contributed by atoms with Gasteiger partial charge in [-0.2, -0.15) is 5.10 Å². The summed E-state index contributed by atoms with van der Waals surface area (Å²) >= 11 is 0. The smallest absolute Gasteiger partial charge is 0.243 e. The van der Waals surface area contributed by atoms with Crippen LogP contribution < -0.4 is 16.0 Å². The van der Waals surface area contributed by atoms with E-state index in [2.05, 4.69) is 31.0 Å². The maximum atomic E-state index is 11.4. The highest BCUT2D eigenvalue weighted by molar-refractivity contribution is 6.03. The van der Waals surface area contributed by atoms with Gasteiger partial charge in [-0.3, -0.25) is 9.48 Å². The second-order valence-corrected chi connectivity index (χ2v) is 4.27. The second kappa shape index (κ2) is 4.23. The summed E-state index contributed by atoms with van der Waals surface area (Å²) in [5.74, 6) is 1.66. The molecule has 0 bridgehead atoms. The molecule has 1 amide bonds. The second-order valence-electron chi connectivity index (χ2n) is 4.27. The van der Waals surface area contributed by atoms with Crippen molar-refractivity contribution < 1.29 is 4.79 Å². The summed E-state index contributed by atoms with van der Waals surface area (Å²) in [6.45, 7) is 2.17. The molecule has 8 nitrogen and oxygen atoms in total. The van der Waals surface area contributed by atoms with Crippen molar-refractivity contribution in [2.45, 2.75) is 6.92 Å². The molecule has 0 saturated carbocycles. The number of nitrogens with one attached hydrogen (secondary N) is 3. The number of carbonyl (C=O) groups is 1. The van der Waals surface area contributed by atoms with Gasteiger partial charge >= 0.3 is 0 Å². The van der Waals surface area contributed by atoms with Gasteiger partial charge in [0.25, 0.3) is 0 Å². The van der Waals surface area contributed by atoms with Gasteiger partial charge in [-0.15, -0.1) is 0 Å². The van der Waals surface area contributed by atoms with Crippen LogP contribution in [0.25, 0.3) is 0 Å². The van der Waals surface area contributed by atoms with Gasteiger partial charge in [0.1, 0.15) is 12.0 Å². The number of rotatable bonds is 2. The van der Waals surface area contributed by atoms with Gasteiger partial charge in [0, 0.05) is 18.8 Å². The monoisotopic (exact) mass is 259 g/mol. The number of aryl methyl sites for hydroxylation is 2. The summed E-state index contributed by atoms with van der Waals surface area (Å²) in [6, 6.07) is 1.90. The van der Waals surface area contributed by atoms with Crippen LogP contribution in [0.4, 0.5) is 23.1 Å². The predicted molar refractivity (Wildman–Crippen MR) is 70.4 cm³/mol. The van der Waals surface area contributed by atoms with Crippen molar-refractivity contribution in [2.24, 2.45) is 7.05 Å². The molecule has 98 valence electrons. The maximum absolute atomic E-state index is 11.4. The van der Waals surface area contributed by atoms with Crippen LogP contribution >= 0.6 is 0 Å². The number of amides is 1. The summed E-state index contributed by atoms with van der Waals surface area (Å²) in [5.41, 5.74) is 1.56. The largest absolute Gasteiger partial charge is 0.359 e. The fraction of sp³-hybridized carbons (Fsp3) is 0.273. The molecular weight excluding hydrogens is 246 g/mol. The van der Waals surface area contributed by atoms with Crippen molar-refractivity contribution in [3.8, 4) is 0 Å². The van der Waals surface area contributed by atoms with Crippen LogP contribution in [0.15, 0.2) is 12.4 Å². The minimum Gasteiger partial charge on any atom is -0.359 e. The van der Waals surface area contributed by atoms with Crippen molar-refractivity contribution in [2.75, 3.05) is 22.5 Å². The fourth-order valence-corrected chi connectivity index (χ4v) is 1.82. The van der Waals surface area contributed by atoms with Crippen molar-refractivity contribution in [3.05, 3.63) is 18.1 Å². The Kier molecular flexibility index (Phi) is 2.55. The van der Waals surface area contributed by atoms with E-state index < -0.39 is 0 Å². The van der Waals surface area contributed by atoms with Crippen molar-refractivity contribution >= 4 is 29.0 Å². The van der Waals surface area contributed by atoms with Gasteiger partial charge in [0.15, 0.2) is 17.5 Å². The Hall–Kier alpha value is -2.64. The molecule has 1 aliphatic heterocycles. The highest BCUT2D eigenvalue weighted by Gasteiger charge is 2.20. The zero-order valence-electron chi connectivity index (χ0n) is 10.6. The lowest BCUT2D eigenvalue weighted by Crippen LogP contribution is -2.28. The third-order valence-electron chi connectivity index (χ3n) is 2.89. The summed E-state index contributed by atoms with van der Waals surface area (Å²) in [4.78, 5) is 19.6. The Morgan fingerprint density at radius 2 is 2.26 bits per heavy atom. The predicted octanol–water partition coefficient (Wildman–Crippen LogP) is 0.626. The molecule has 1 aliphatic rings. The molecule has 8 heteroatoms. The number of nitrogens with zero attached hydrogens (tertiary/aromatic N) is 4. The molecule has 3 rings (SSSR count). The Morgan fingerprint density at radius 3 is 3.00 bits per heavy atom. The van der Waals surface area contributed by atoms with Crippen LogP contribution in [-0.4, -0.2) is 32.2 Å². The van der Waals surface area contributed by atoms with Crippen LogP contribution in [0.3, 0.4) is 0 Å². The summed E-state index contributed by atoms with van der Waals surface area (Å²) in [7, 11) is 1.86. The van der Waals surface area contributed by atoms with E-state index in [9.17, 15) is 4.79 Å². The first-order chi connectivity index (χ1) is 9.13. The van der Waals surface area contributed by atoms with E-state index in [1.54, 1.807) is 4.68 Å². The van der Waals surface area contributed by atoms with Gasteiger partial charge in [-0.1, -0.05) is 0 Å². The third kappa shape index (κ3) is 2.07. The molecule has 19 heavy (non-hydrogen) atoms. The minimum atomic E-state index is -0.123. The van der Waals surface area contributed by atoms with E-state index in [0.29, 0.717) is 23.1 Å². The first-order valence-corrected chi connectivity index (χ1v) is 5.80. The molecule has 0 unspecified atom stereocenters. The zero-order valence-corrected chi connectivity index (χ0v) is 10.6. The molecule has 3 heterocycles. The van der Waals surface area contributed by atoms with Gasteiger partial charge in [-0.25, -0.2) is 9.97 Å². The Bertz CT molecular complexity index is 629. The molecule has 0 saturated heterocycles. The first kappa shape index (κ1) is 11.5. The van der Waals surface area contributed by atoms with Crippen molar-refractivity contribution in [1.29, 1.82) is 0 Å². The average Bonchev–Trinajstić information content (AvgIpc) is 2.69. The van der Waals surface area contributed by atoms with Gasteiger partial charge in [0.2, 0.25) is 5.91 Å². The standard InChI is InChI=1S/C11H13N7O/c1-6-3-7(17-18(6)2)15-11-9-10(13-5-14-11)12-4-8(19)16-9/h3,5H,4H2,1-2H3,(H,16,19)(H2,12,13,14,15,17). The number of hydrogen-bond donors (Lipinski definition) is 3. The highest BCUT2D eigenvalue weighted by Crippen LogP contribution is 2.30. The Balaban J connectivity index is 1.95. The summed E-state index contributed by atoms with van der Waals surface area (Å²) < 4.78 is 1.76. The molecule has 0 radical (unpaired) electrons. The SMILES string of the molecule is Cc1cc(Nc2ncnc3c2NC(=O)CN3)nn1C. The van der Waals surface area contributed by atoms with E-state index in [-0.39, 0.29) is 12.5 Å². The first-order valence-electron chi connectivity index (χ1n) is 5.80. The van der Waals surface area contributed by atoms with Crippen molar-refractivity contribution in [3.63, 3.8) is 0 Å². The lowest BCUT2D eigenvalue weighted by molar-refractivity contribution is -0.114. The van der Waals surface area contributed by atoms with Gasteiger partial charge in [-0.05, 0) is 6.92 Å². The van der Waals surface area contributed by atoms with Crippen LogP contribution in [0, 0.1) is 6.92 Å². The lowest BCUT2D eigenvalue weighted by Gasteiger charge is -2.19. The van der Waals surface area contributed by atoms with E-state index in [1.165, 1.54) is 6.33 Å². The normalized spacial score (nSPS) is 13.5.